The molecule has 5 N–H and O–H groups in total. The van der Waals surface area contributed by atoms with Crippen LogP contribution >= 0.6 is 11.3 Å². The summed E-state index contributed by atoms with van der Waals surface area (Å²) in [4.78, 5) is 40.4. The molecule has 0 saturated carbocycles. The number of hydrazine groups is 1. The van der Waals surface area contributed by atoms with E-state index < -0.39 is 6.03 Å². The highest BCUT2D eigenvalue weighted by atomic mass is 32.1. The summed E-state index contributed by atoms with van der Waals surface area (Å²) in [6, 6.07) is 15.5. The molecule has 1 aliphatic heterocycles. The number of benzene rings is 2. The second-order valence-electron chi connectivity index (χ2n) is 9.01. The third-order valence-corrected chi connectivity index (χ3v) is 7.83. The SMILES string of the molecule is CNc1ccc(NC(=O)c2ccc(-c3[nH]nc4c3C(=O)c3c-4cccc3N(C(N)=O)N3CCOCC3)s2)cc1. The zero-order chi connectivity index (χ0) is 27.1. The minimum Gasteiger partial charge on any atom is -0.388 e. The summed E-state index contributed by atoms with van der Waals surface area (Å²) in [5, 5.41) is 16.5. The summed E-state index contributed by atoms with van der Waals surface area (Å²) in [6.07, 6.45) is 0. The number of ether oxygens (including phenoxy) is 1. The van der Waals surface area contributed by atoms with Crippen LogP contribution in [0.2, 0.25) is 0 Å². The first kappa shape index (κ1) is 24.8. The summed E-state index contributed by atoms with van der Waals surface area (Å²) in [7, 11) is 1.83. The number of anilines is 3. The van der Waals surface area contributed by atoms with Crippen molar-refractivity contribution in [2.75, 3.05) is 49.0 Å². The highest BCUT2D eigenvalue weighted by Gasteiger charge is 2.38. The van der Waals surface area contributed by atoms with E-state index in [1.807, 2.05) is 31.3 Å². The topological polar surface area (TPSA) is 146 Å². The summed E-state index contributed by atoms with van der Waals surface area (Å²) in [5.41, 5.74) is 10.2. The molecule has 2 aromatic carbocycles. The molecule has 12 heteroatoms. The van der Waals surface area contributed by atoms with Crippen LogP contribution in [0.5, 0.6) is 0 Å². The summed E-state index contributed by atoms with van der Waals surface area (Å²) in [6.45, 7) is 1.84. The Balaban J connectivity index is 1.30. The van der Waals surface area contributed by atoms with Gasteiger partial charge in [-0.1, -0.05) is 12.1 Å². The Morgan fingerprint density at radius 1 is 1.05 bits per heavy atom. The number of nitrogens with two attached hydrogens (primary N) is 1. The minimum absolute atomic E-state index is 0.251. The number of aromatic nitrogens is 2. The van der Waals surface area contributed by atoms with Crippen LogP contribution < -0.4 is 21.4 Å². The van der Waals surface area contributed by atoms with Crippen molar-refractivity contribution in [1.29, 1.82) is 0 Å². The van der Waals surface area contributed by atoms with E-state index in [1.165, 1.54) is 16.3 Å². The van der Waals surface area contributed by atoms with Crippen molar-refractivity contribution in [1.82, 2.24) is 15.2 Å². The summed E-state index contributed by atoms with van der Waals surface area (Å²) < 4.78 is 5.41. The van der Waals surface area contributed by atoms with Crippen molar-refractivity contribution in [3.63, 3.8) is 0 Å². The fraction of sp³-hybridized carbons (Fsp3) is 0.185. The monoisotopic (exact) mass is 543 g/mol. The first-order chi connectivity index (χ1) is 19.0. The predicted octanol–water partition coefficient (Wildman–Crippen LogP) is 3.78. The average molecular weight is 544 g/mol. The van der Waals surface area contributed by atoms with Crippen LogP contribution in [0.15, 0.2) is 54.6 Å². The number of rotatable bonds is 6. The molecule has 11 nitrogen and oxygen atoms in total. The Hall–Kier alpha value is -4.52. The molecule has 6 rings (SSSR count). The van der Waals surface area contributed by atoms with Crippen LogP contribution in [0.1, 0.15) is 25.6 Å². The van der Waals surface area contributed by atoms with Gasteiger partial charge >= 0.3 is 6.03 Å². The van der Waals surface area contributed by atoms with Gasteiger partial charge in [0, 0.05) is 37.1 Å². The van der Waals surface area contributed by atoms with E-state index in [0.29, 0.717) is 75.5 Å². The number of amides is 3. The lowest BCUT2D eigenvalue weighted by molar-refractivity contribution is 0.0364. The van der Waals surface area contributed by atoms with E-state index in [9.17, 15) is 14.4 Å². The molecule has 1 aliphatic carbocycles. The molecule has 0 atom stereocenters. The molecular formula is C27H25N7O4S. The molecule has 198 valence electrons. The lowest BCUT2D eigenvalue weighted by Crippen LogP contribution is -2.54. The fourth-order valence-electron chi connectivity index (χ4n) is 4.89. The van der Waals surface area contributed by atoms with E-state index in [-0.39, 0.29) is 11.7 Å². The van der Waals surface area contributed by atoms with Gasteiger partial charge in [-0.15, -0.1) is 11.3 Å². The Bertz CT molecular complexity index is 1590. The Kier molecular flexibility index (Phi) is 6.35. The molecule has 2 aromatic heterocycles. The quantitative estimate of drug-likeness (QED) is 0.255. The maximum atomic E-state index is 13.8. The van der Waals surface area contributed by atoms with Gasteiger partial charge in [0.15, 0.2) is 5.78 Å². The third kappa shape index (κ3) is 4.34. The van der Waals surface area contributed by atoms with Crippen molar-refractivity contribution < 1.29 is 19.1 Å². The van der Waals surface area contributed by atoms with Gasteiger partial charge in [-0.3, -0.25) is 14.7 Å². The van der Waals surface area contributed by atoms with Gasteiger partial charge in [0.1, 0.15) is 5.69 Å². The van der Waals surface area contributed by atoms with Crippen LogP contribution in [0, 0.1) is 0 Å². The van der Waals surface area contributed by atoms with Crippen LogP contribution in [0.4, 0.5) is 21.9 Å². The number of nitrogens with one attached hydrogen (secondary N) is 3. The Morgan fingerprint density at radius 3 is 2.51 bits per heavy atom. The zero-order valence-corrected chi connectivity index (χ0v) is 21.8. The van der Waals surface area contributed by atoms with Gasteiger partial charge in [-0.2, -0.15) is 5.10 Å². The molecule has 2 aliphatic rings. The number of carbonyl (C=O) groups is 3. The van der Waals surface area contributed by atoms with E-state index in [2.05, 4.69) is 20.8 Å². The van der Waals surface area contributed by atoms with Gasteiger partial charge in [0.25, 0.3) is 5.91 Å². The number of H-pyrrole nitrogens is 1. The normalized spacial score (nSPS) is 14.5. The Labute approximate surface area is 227 Å². The number of hydrogen-bond acceptors (Lipinski definition) is 8. The van der Waals surface area contributed by atoms with Crippen molar-refractivity contribution in [2.24, 2.45) is 5.73 Å². The van der Waals surface area contributed by atoms with E-state index >= 15 is 0 Å². The number of urea groups is 1. The van der Waals surface area contributed by atoms with Crippen molar-refractivity contribution in [2.45, 2.75) is 0 Å². The highest BCUT2D eigenvalue weighted by Crippen LogP contribution is 2.45. The lowest BCUT2D eigenvalue weighted by Gasteiger charge is -2.36. The standard InChI is InChI=1S/C27H25N7O4S/c1-29-15-5-7-16(8-6-15)30-26(36)20-10-9-19(39-20)24-22-23(31-32-24)17-3-2-4-18(21(17)25(22)35)34(27(28)37)33-11-13-38-14-12-33/h2-10,29H,11-14H2,1H3,(H2,28,37)(H,30,36)(H,31,32). The van der Waals surface area contributed by atoms with Crippen LogP contribution in [-0.4, -0.2) is 66.3 Å². The molecule has 3 heterocycles. The average Bonchev–Trinajstić information content (AvgIpc) is 3.67. The smallest absolute Gasteiger partial charge is 0.334 e. The molecule has 1 fully saturated rings. The molecule has 0 bridgehead atoms. The number of aromatic amines is 1. The minimum atomic E-state index is -0.682. The zero-order valence-electron chi connectivity index (χ0n) is 21.0. The van der Waals surface area contributed by atoms with Crippen molar-refractivity contribution >= 4 is 46.1 Å². The summed E-state index contributed by atoms with van der Waals surface area (Å²) >= 11 is 1.26. The molecule has 39 heavy (non-hydrogen) atoms. The van der Waals surface area contributed by atoms with Crippen molar-refractivity contribution in [3.8, 4) is 21.8 Å². The number of ketones is 1. The predicted molar refractivity (Wildman–Crippen MR) is 149 cm³/mol. The second kappa shape index (κ2) is 9.98. The molecule has 0 unspecified atom stereocenters. The maximum Gasteiger partial charge on any atom is 0.334 e. The number of nitrogens with zero attached hydrogens (tertiary/aromatic N) is 3. The van der Waals surface area contributed by atoms with E-state index in [1.54, 1.807) is 35.3 Å². The maximum absolute atomic E-state index is 13.8. The van der Waals surface area contributed by atoms with Crippen LogP contribution in [0.25, 0.3) is 21.8 Å². The van der Waals surface area contributed by atoms with E-state index in [4.69, 9.17) is 10.5 Å². The van der Waals surface area contributed by atoms with Crippen LogP contribution in [-0.2, 0) is 4.74 Å². The molecule has 1 saturated heterocycles. The highest BCUT2D eigenvalue weighted by molar-refractivity contribution is 7.17. The first-order valence-electron chi connectivity index (χ1n) is 12.3. The van der Waals surface area contributed by atoms with Crippen LogP contribution in [0.3, 0.4) is 0 Å². The molecule has 0 radical (unpaired) electrons. The van der Waals surface area contributed by atoms with Gasteiger partial charge < -0.3 is 21.1 Å². The first-order valence-corrected chi connectivity index (χ1v) is 13.2. The number of primary amides is 1. The number of morpholine rings is 1. The number of carbonyl (C=O) groups excluding carboxylic acids is 3. The number of fused-ring (bicyclic) bond motifs is 3. The fourth-order valence-corrected chi connectivity index (χ4v) is 5.79. The van der Waals surface area contributed by atoms with Gasteiger partial charge in [-0.25, -0.2) is 14.8 Å². The number of thiophene rings is 1. The van der Waals surface area contributed by atoms with E-state index in [0.717, 1.165) is 5.69 Å². The number of hydrogen-bond donors (Lipinski definition) is 4. The third-order valence-electron chi connectivity index (χ3n) is 6.73. The Morgan fingerprint density at radius 2 is 1.79 bits per heavy atom. The van der Waals surface area contributed by atoms with Crippen molar-refractivity contribution in [3.05, 3.63) is 70.6 Å². The largest absolute Gasteiger partial charge is 0.388 e. The van der Waals surface area contributed by atoms with Gasteiger partial charge in [0.2, 0.25) is 0 Å². The van der Waals surface area contributed by atoms with Gasteiger partial charge in [0.05, 0.1) is 45.5 Å². The molecule has 0 spiro atoms. The molecular weight excluding hydrogens is 518 g/mol. The van der Waals surface area contributed by atoms with Gasteiger partial charge in [-0.05, 0) is 42.5 Å². The molecule has 3 amide bonds. The lowest BCUT2D eigenvalue weighted by atomic mass is 10.1. The second-order valence-corrected chi connectivity index (χ2v) is 10.1. The summed E-state index contributed by atoms with van der Waals surface area (Å²) in [5.74, 6) is -0.512. The molecule has 4 aromatic rings.